The minimum absolute atomic E-state index is 0.247. The first-order valence-electron chi connectivity index (χ1n) is 6.77. The average molecular weight is 357 g/mol. The van der Waals surface area contributed by atoms with Crippen molar-refractivity contribution in [1.29, 1.82) is 0 Å². The van der Waals surface area contributed by atoms with Crippen LogP contribution >= 0.6 is 15.9 Å². The molecule has 0 spiro atoms. The van der Waals surface area contributed by atoms with E-state index in [1.165, 1.54) is 10.8 Å². The van der Waals surface area contributed by atoms with Gasteiger partial charge in [0, 0.05) is 10.7 Å². The number of nitrogens with one attached hydrogen (secondary N) is 1. The Morgan fingerprint density at radius 3 is 2.50 bits per heavy atom. The van der Waals surface area contributed by atoms with Gasteiger partial charge in [-0.1, -0.05) is 58.4 Å². The molecule has 3 rings (SSSR count). The molecule has 0 saturated heterocycles. The molecule has 0 aliphatic carbocycles. The van der Waals surface area contributed by atoms with Gasteiger partial charge < -0.3 is 4.98 Å². The van der Waals surface area contributed by atoms with Gasteiger partial charge in [0.05, 0.1) is 12.1 Å². The van der Waals surface area contributed by atoms with Crippen LogP contribution in [0.1, 0.15) is 5.56 Å². The number of rotatable bonds is 3. The normalized spacial score (nSPS) is 10.6. The zero-order valence-corrected chi connectivity index (χ0v) is 13.2. The molecule has 0 aliphatic rings. The van der Waals surface area contributed by atoms with Crippen molar-refractivity contribution in [3.8, 4) is 11.1 Å². The summed E-state index contributed by atoms with van der Waals surface area (Å²) in [6, 6.07) is 16.9. The molecular weight excluding hydrogens is 344 g/mol. The molecule has 2 aromatic carbocycles. The standard InChI is InChI=1S/C17H13BrN2O2/c18-14-8-4-7-13(9-14)15-10-19-17(22)20(16(15)21)11-12-5-2-1-3-6-12/h1-10H,11H2,(H,19,22). The van der Waals surface area contributed by atoms with Crippen molar-refractivity contribution in [3.63, 3.8) is 0 Å². The van der Waals surface area contributed by atoms with E-state index in [1.54, 1.807) is 0 Å². The van der Waals surface area contributed by atoms with Crippen LogP contribution in [0.15, 0.2) is 74.9 Å². The van der Waals surface area contributed by atoms with Crippen LogP contribution in [0.2, 0.25) is 0 Å². The number of aromatic nitrogens is 2. The second-order valence-electron chi connectivity index (χ2n) is 4.89. The lowest BCUT2D eigenvalue weighted by Crippen LogP contribution is -2.35. The van der Waals surface area contributed by atoms with Crippen molar-refractivity contribution >= 4 is 15.9 Å². The van der Waals surface area contributed by atoms with E-state index in [4.69, 9.17) is 0 Å². The van der Waals surface area contributed by atoms with E-state index in [0.29, 0.717) is 5.56 Å². The predicted molar refractivity (Wildman–Crippen MR) is 90.0 cm³/mol. The molecule has 1 heterocycles. The first kappa shape index (κ1) is 14.5. The van der Waals surface area contributed by atoms with Gasteiger partial charge in [0.15, 0.2) is 0 Å². The molecule has 4 nitrogen and oxygen atoms in total. The van der Waals surface area contributed by atoms with Gasteiger partial charge >= 0.3 is 5.69 Å². The molecule has 0 fully saturated rings. The fourth-order valence-electron chi connectivity index (χ4n) is 2.28. The maximum absolute atomic E-state index is 12.6. The van der Waals surface area contributed by atoms with E-state index >= 15 is 0 Å². The van der Waals surface area contributed by atoms with Gasteiger partial charge in [-0.05, 0) is 23.3 Å². The molecule has 0 atom stereocenters. The first-order chi connectivity index (χ1) is 10.6. The summed E-state index contributed by atoms with van der Waals surface area (Å²) in [5, 5.41) is 0. The molecule has 110 valence electrons. The Labute approximate surface area is 135 Å². The number of benzene rings is 2. The van der Waals surface area contributed by atoms with Gasteiger partial charge in [-0.25, -0.2) is 4.79 Å². The van der Waals surface area contributed by atoms with E-state index in [-0.39, 0.29) is 12.1 Å². The molecule has 3 aromatic rings. The fraction of sp³-hybridized carbons (Fsp3) is 0.0588. The van der Waals surface area contributed by atoms with Gasteiger partial charge in [0.1, 0.15) is 0 Å². The molecule has 0 unspecified atom stereocenters. The monoisotopic (exact) mass is 356 g/mol. The minimum Gasteiger partial charge on any atom is -0.313 e. The Morgan fingerprint density at radius 1 is 1.00 bits per heavy atom. The quantitative estimate of drug-likeness (QED) is 0.784. The fourth-order valence-corrected chi connectivity index (χ4v) is 2.68. The summed E-state index contributed by atoms with van der Waals surface area (Å²) in [6.45, 7) is 0.247. The summed E-state index contributed by atoms with van der Waals surface area (Å²) in [4.78, 5) is 27.3. The maximum Gasteiger partial charge on any atom is 0.328 e. The molecule has 1 aromatic heterocycles. The highest BCUT2D eigenvalue weighted by atomic mass is 79.9. The van der Waals surface area contributed by atoms with Crippen LogP contribution in [-0.4, -0.2) is 9.55 Å². The average Bonchev–Trinajstić information content (AvgIpc) is 2.52. The summed E-state index contributed by atoms with van der Waals surface area (Å²) in [5.41, 5.74) is 1.43. The van der Waals surface area contributed by atoms with Crippen molar-refractivity contribution in [2.24, 2.45) is 0 Å². The van der Waals surface area contributed by atoms with Crippen molar-refractivity contribution in [2.75, 3.05) is 0 Å². The van der Waals surface area contributed by atoms with Crippen LogP contribution in [0.4, 0.5) is 0 Å². The van der Waals surface area contributed by atoms with Gasteiger partial charge in [-0.3, -0.25) is 9.36 Å². The molecular formula is C17H13BrN2O2. The van der Waals surface area contributed by atoms with E-state index in [0.717, 1.165) is 15.6 Å². The number of hydrogen-bond acceptors (Lipinski definition) is 2. The Balaban J connectivity index is 2.10. The summed E-state index contributed by atoms with van der Waals surface area (Å²) in [7, 11) is 0. The zero-order valence-electron chi connectivity index (χ0n) is 11.6. The Kier molecular flexibility index (Phi) is 4.06. The molecule has 1 N–H and O–H groups in total. The van der Waals surface area contributed by atoms with Crippen LogP contribution in [0, 0.1) is 0 Å². The smallest absolute Gasteiger partial charge is 0.313 e. The third kappa shape index (κ3) is 2.94. The van der Waals surface area contributed by atoms with Gasteiger partial charge in [-0.15, -0.1) is 0 Å². The number of hydrogen-bond donors (Lipinski definition) is 1. The molecule has 0 amide bonds. The van der Waals surface area contributed by atoms with Gasteiger partial charge in [0.2, 0.25) is 0 Å². The van der Waals surface area contributed by atoms with Crippen molar-refractivity contribution < 1.29 is 0 Å². The SMILES string of the molecule is O=c1[nH]cc(-c2cccc(Br)c2)c(=O)n1Cc1ccccc1. The molecule has 0 aliphatic heterocycles. The summed E-state index contributed by atoms with van der Waals surface area (Å²) < 4.78 is 2.09. The highest BCUT2D eigenvalue weighted by Crippen LogP contribution is 2.19. The van der Waals surface area contributed by atoms with Crippen LogP contribution in [-0.2, 0) is 6.54 Å². The topological polar surface area (TPSA) is 54.9 Å². The van der Waals surface area contributed by atoms with E-state index in [1.807, 2.05) is 54.6 Å². The number of nitrogens with zero attached hydrogens (tertiary/aromatic N) is 1. The molecule has 0 saturated carbocycles. The Hall–Kier alpha value is -2.40. The van der Waals surface area contributed by atoms with E-state index in [2.05, 4.69) is 20.9 Å². The minimum atomic E-state index is -0.410. The summed E-state index contributed by atoms with van der Waals surface area (Å²) in [5.74, 6) is 0. The number of H-pyrrole nitrogens is 1. The largest absolute Gasteiger partial charge is 0.328 e. The Morgan fingerprint density at radius 2 is 1.77 bits per heavy atom. The number of aromatic amines is 1. The predicted octanol–water partition coefficient (Wildman–Crippen LogP) is 3.01. The third-order valence-corrected chi connectivity index (χ3v) is 3.87. The molecule has 5 heteroatoms. The van der Waals surface area contributed by atoms with E-state index < -0.39 is 5.69 Å². The highest BCUT2D eigenvalue weighted by molar-refractivity contribution is 9.10. The summed E-state index contributed by atoms with van der Waals surface area (Å²) >= 11 is 3.39. The lowest BCUT2D eigenvalue weighted by atomic mass is 10.1. The Bertz CT molecular complexity index is 914. The van der Waals surface area contributed by atoms with Crippen molar-refractivity contribution in [3.05, 3.63) is 91.7 Å². The van der Waals surface area contributed by atoms with Crippen LogP contribution < -0.4 is 11.2 Å². The molecule has 0 bridgehead atoms. The van der Waals surface area contributed by atoms with Crippen molar-refractivity contribution in [1.82, 2.24) is 9.55 Å². The second-order valence-corrected chi connectivity index (χ2v) is 5.81. The van der Waals surface area contributed by atoms with Crippen LogP contribution in [0.5, 0.6) is 0 Å². The number of halogens is 1. The van der Waals surface area contributed by atoms with Crippen molar-refractivity contribution in [2.45, 2.75) is 6.54 Å². The molecule has 22 heavy (non-hydrogen) atoms. The zero-order chi connectivity index (χ0) is 15.5. The van der Waals surface area contributed by atoms with Gasteiger partial charge in [-0.2, -0.15) is 0 Å². The maximum atomic E-state index is 12.6. The summed E-state index contributed by atoms with van der Waals surface area (Å²) in [6.07, 6.45) is 1.47. The van der Waals surface area contributed by atoms with Crippen LogP contribution in [0.25, 0.3) is 11.1 Å². The molecule has 0 radical (unpaired) electrons. The third-order valence-electron chi connectivity index (χ3n) is 3.38. The van der Waals surface area contributed by atoms with Crippen LogP contribution in [0.3, 0.4) is 0 Å². The van der Waals surface area contributed by atoms with Gasteiger partial charge in [0.25, 0.3) is 5.56 Å². The second kappa shape index (κ2) is 6.15. The van der Waals surface area contributed by atoms with E-state index in [9.17, 15) is 9.59 Å². The lowest BCUT2D eigenvalue weighted by molar-refractivity contribution is 0.701. The lowest BCUT2D eigenvalue weighted by Gasteiger charge is -2.08. The first-order valence-corrected chi connectivity index (χ1v) is 7.57. The highest BCUT2D eigenvalue weighted by Gasteiger charge is 2.10.